The van der Waals surface area contributed by atoms with Crippen LogP contribution in [-0.4, -0.2) is 50.2 Å². The van der Waals surface area contributed by atoms with Crippen molar-refractivity contribution >= 4 is 12.4 Å². The van der Waals surface area contributed by atoms with Crippen LogP contribution in [0, 0.1) is 5.92 Å². The van der Waals surface area contributed by atoms with Crippen LogP contribution in [0.3, 0.4) is 0 Å². The van der Waals surface area contributed by atoms with Crippen molar-refractivity contribution in [2.45, 2.75) is 37.9 Å². The number of hydrogen-bond donors (Lipinski definition) is 3. The minimum absolute atomic E-state index is 0. The first-order chi connectivity index (χ1) is 11.4. The first-order valence-electron chi connectivity index (χ1n) is 8.74. The van der Waals surface area contributed by atoms with Gasteiger partial charge in [0.2, 0.25) is 0 Å². The molecule has 3 unspecified atom stereocenters. The number of aliphatic hydroxyl groups excluding tert-OH is 1. The highest BCUT2D eigenvalue weighted by molar-refractivity contribution is 5.85. The zero-order valence-corrected chi connectivity index (χ0v) is 14.9. The molecule has 5 nitrogen and oxygen atoms in total. The van der Waals surface area contributed by atoms with Crippen LogP contribution in [0.15, 0.2) is 24.3 Å². The van der Waals surface area contributed by atoms with Gasteiger partial charge in [0.1, 0.15) is 12.4 Å². The summed E-state index contributed by atoms with van der Waals surface area (Å²) in [4.78, 5) is 0. The van der Waals surface area contributed by atoms with Gasteiger partial charge in [-0.05, 0) is 36.5 Å². The maximum Gasteiger partial charge on any atom is 0.119 e. The van der Waals surface area contributed by atoms with E-state index in [-0.39, 0.29) is 19.0 Å². The number of aliphatic hydroxyl groups is 1. The maximum absolute atomic E-state index is 8.77. The Bertz CT molecular complexity index is 466. The molecular weight excluding hydrogens is 328 g/mol. The van der Waals surface area contributed by atoms with Crippen LogP contribution < -0.4 is 15.4 Å². The number of nitrogens with one attached hydrogen (secondary N) is 2. The minimum Gasteiger partial charge on any atom is -0.491 e. The van der Waals surface area contributed by atoms with Gasteiger partial charge in [-0.15, -0.1) is 12.4 Å². The number of halogens is 1. The van der Waals surface area contributed by atoms with Crippen molar-refractivity contribution in [1.29, 1.82) is 0 Å². The van der Waals surface area contributed by atoms with Crippen LogP contribution in [0.4, 0.5) is 0 Å². The molecule has 0 radical (unpaired) electrons. The molecule has 3 atom stereocenters. The van der Waals surface area contributed by atoms with E-state index in [1.165, 1.54) is 24.8 Å². The molecule has 1 aliphatic carbocycles. The van der Waals surface area contributed by atoms with Gasteiger partial charge >= 0.3 is 0 Å². The predicted octanol–water partition coefficient (Wildman–Crippen LogP) is 1.73. The molecule has 0 bridgehead atoms. The highest BCUT2D eigenvalue weighted by Gasteiger charge is 2.34. The van der Waals surface area contributed by atoms with Crippen LogP contribution in [-0.2, 0) is 11.3 Å². The number of morpholine rings is 1. The summed E-state index contributed by atoms with van der Waals surface area (Å²) in [5.74, 6) is 1.48. The lowest BCUT2D eigenvalue weighted by Gasteiger charge is -2.33. The van der Waals surface area contributed by atoms with Crippen LogP contribution in [0.25, 0.3) is 0 Å². The zero-order valence-electron chi connectivity index (χ0n) is 14.1. The van der Waals surface area contributed by atoms with Gasteiger partial charge in [-0.1, -0.05) is 18.6 Å². The minimum atomic E-state index is 0. The normalized spacial score (nSPS) is 26.8. The molecule has 1 aliphatic heterocycles. The third-order valence-electron chi connectivity index (χ3n) is 4.89. The molecule has 1 aromatic rings. The van der Waals surface area contributed by atoms with Crippen molar-refractivity contribution in [3.63, 3.8) is 0 Å². The monoisotopic (exact) mass is 356 g/mol. The van der Waals surface area contributed by atoms with E-state index in [0.29, 0.717) is 24.6 Å². The number of benzene rings is 1. The molecule has 3 rings (SSSR count). The van der Waals surface area contributed by atoms with Gasteiger partial charge in [0.15, 0.2) is 0 Å². The van der Waals surface area contributed by atoms with Crippen LogP contribution in [0.2, 0.25) is 0 Å². The summed E-state index contributed by atoms with van der Waals surface area (Å²) in [6.45, 7) is 3.94. The summed E-state index contributed by atoms with van der Waals surface area (Å²) in [7, 11) is 0. The molecule has 24 heavy (non-hydrogen) atoms. The van der Waals surface area contributed by atoms with E-state index >= 15 is 0 Å². The Labute approximate surface area is 150 Å². The molecule has 1 heterocycles. The second kappa shape index (κ2) is 10.2. The Kier molecular flexibility index (Phi) is 8.29. The Hall–Kier alpha value is -0.850. The summed E-state index contributed by atoms with van der Waals surface area (Å²) < 4.78 is 11.0. The standard InChI is InChI=1S/C18H28N2O3.ClH/c21-9-11-23-15-6-4-14(5-7-15)12-20-17-3-1-2-16(17)18-13-22-10-8-19-18;/h4-7,16-21H,1-3,8-13H2;1H. The van der Waals surface area contributed by atoms with E-state index in [2.05, 4.69) is 22.8 Å². The van der Waals surface area contributed by atoms with Crippen LogP contribution in [0.5, 0.6) is 5.75 Å². The fourth-order valence-corrected chi connectivity index (χ4v) is 3.70. The summed E-state index contributed by atoms with van der Waals surface area (Å²) in [5.41, 5.74) is 1.26. The third-order valence-corrected chi connectivity index (χ3v) is 4.89. The van der Waals surface area contributed by atoms with Gasteiger partial charge in [0, 0.05) is 25.2 Å². The molecule has 6 heteroatoms. The molecule has 0 amide bonds. The predicted molar refractivity (Wildman–Crippen MR) is 96.8 cm³/mol. The van der Waals surface area contributed by atoms with Gasteiger partial charge in [-0.25, -0.2) is 0 Å². The van der Waals surface area contributed by atoms with E-state index in [1.807, 2.05) is 12.1 Å². The molecule has 1 aromatic carbocycles. The Balaban J connectivity index is 0.00000208. The lowest BCUT2D eigenvalue weighted by Crippen LogP contribution is -2.50. The van der Waals surface area contributed by atoms with Gasteiger partial charge in [0.05, 0.1) is 19.8 Å². The van der Waals surface area contributed by atoms with Crippen molar-refractivity contribution in [2.75, 3.05) is 33.0 Å². The zero-order chi connectivity index (χ0) is 15.9. The molecule has 136 valence electrons. The molecule has 0 spiro atoms. The quantitative estimate of drug-likeness (QED) is 0.694. The summed E-state index contributed by atoms with van der Waals surface area (Å²) in [6.07, 6.45) is 3.83. The molecule has 1 saturated heterocycles. The van der Waals surface area contributed by atoms with E-state index < -0.39 is 0 Å². The number of hydrogen-bond acceptors (Lipinski definition) is 5. The van der Waals surface area contributed by atoms with Crippen molar-refractivity contribution < 1.29 is 14.6 Å². The van der Waals surface area contributed by atoms with Crippen molar-refractivity contribution in [2.24, 2.45) is 5.92 Å². The van der Waals surface area contributed by atoms with Gasteiger partial charge in [0.25, 0.3) is 0 Å². The van der Waals surface area contributed by atoms with Crippen molar-refractivity contribution in [1.82, 2.24) is 10.6 Å². The average Bonchev–Trinajstić information content (AvgIpc) is 3.08. The van der Waals surface area contributed by atoms with Gasteiger partial charge in [-0.2, -0.15) is 0 Å². The first kappa shape index (κ1) is 19.5. The van der Waals surface area contributed by atoms with E-state index in [4.69, 9.17) is 14.6 Å². The number of rotatable bonds is 7. The fourth-order valence-electron chi connectivity index (χ4n) is 3.70. The van der Waals surface area contributed by atoms with Crippen LogP contribution >= 0.6 is 12.4 Å². The lowest BCUT2D eigenvalue weighted by molar-refractivity contribution is 0.0524. The molecule has 3 N–H and O–H groups in total. The smallest absolute Gasteiger partial charge is 0.119 e. The molecule has 2 fully saturated rings. The summed E-state index contributed by atoms with van der Waals surface area (Å²) in [6, 6.07) is 9.18. The van der Waals surface area contributed by atoms with Crippen LogP contribution in [0.1, 0.15) is 24.8 Å². The maximum atomic E-state index is 8.77. The number of ether oxygens (including phenoxy) is 2. The lowest BCUT2D eigenvalue weighted by atomic mass is 9.94. The third kappa shape index (κ3) is 5.33. The SMILES string of the molecule is Cl.OCCOc1ccc(CNC2CCCC2C2COCCN2)cc1. The Morgan fingerprint density at radius 1 is 1.25 bits per heavy atom. The Morgan fingerprint density at radius 3 is 2.79 bits per heavy atom. The van der Waals surface area contributed by atoms with E-state index in [0.717, 1.165) is 32.1 Å². The first-order valence-corrected chi connectivity index (χ1v) is 8.74. The second-order valence-electron chi connectivity index (χ2n) is 6.43. The van der Waals surface area contributed by atoms with Crippen molar-refractivity contribution in [3.05, 3.63) is 29.8 Å². The molecular formula is C18H29ClN2O3. The molecule has 0 aromatic heterocycles. The average molecular weight is 357 g/mol. The molecule has 1 saturated carbocycles. The van der Waals surface area contributed by atoms with Gasteiger partial charge < -0.3 is 25.2 Å². The summed E-state index contributed by atoms with van der Waals surface area (Å²) >= 11 is 0. The fraction of sp³-hybridized carbons (Fsp3) is 0.667. The highest BCUT2D eigenvalue weighted by Crippen LogP contribution is 2.29. The topological polar surface area (TPSA) is 62.8 Å². The highest BCUT2D eigenvalue weighted by atomic mass is 35.5. The van der Waals surface area contributed by atoms with E-state index in [1.54, 1.807) is 0 Å². The van der Waals surface area contributed by atoms with Gasteiger partial charge in [-0.3, -0.25) is 0 Å². The molecule has 2 aliphatic rings. The Morgan fingerprint density at radius 2 is 2.08 bits per heavy atom. The van der Waals surface area contributed by atoms with Crippen molar-refractivity contribution in [3.8, 4) is 5.75 Å². The van der Waals surface area contributed by atoms with E-state index in [9.17, 15) is 0 Å². The largest absolute Gasteiger partial charge is 0.491 e. The second-order valence-corrected chi connectivity index (χ2v) is 6.43. The summed E-state index contributed by atoms with van der Waals surface area (Å²) in [5, 5.41) is 16.1.